The molecule has 530 valence electrons. The maximum atomic E-state index is 14.4. The molecule has 0 aliphatic heterocycles. The Kier molecular flexibility index (Phi) is 34.3. The summed E-state index contributed by atoms with van der Waals surface area (Å²) in [6.07, 6.45) is -4.87. The minimum absolute atomic E-state index is 0.0652. The van der Waals surface area contributed by atoms with E-state index in [1.807, 2.05) is 0 Å². The van der Waals surface area contributed by atoms with E-state index in [9.17, 15) is 138 Å². The maximum absolute atomic E-state index is 14.4. The molecule has 0 spiro atoms. The van der Waals surface area contributed by atoms with Crippen LogP contribution in [0.5, 0.6) is 0 Å². The van der Waals surface area contributed by atoms with Crippen molar-refractivity contribution in [2.24, 2.45) is 0 Å². The second-order valence-electron chi connectivity index (χ2n) is 23.9. The molecule has 0 aliphatic rings. The Hall–Kier alpha value is -10.2. The average molecular weight is 1360 g/mol. The van der Waals surface area contributed by atoms with Crippen molar-refractivity contribution < 1.29 is 147 Å². The van der Waals surface area contributed by atoms with Crippen molar-refractivity contribution in [2.45, 2.75) is 228 Å². The Morgan fingerprint density at radius 1 is 0.240 bits per heavy atom. The third-order valence-electron chi connectivity index (χ3n) is 16.3. The second-order valence-corrected chi connectivity index (χ2v) is 23.9. The van der Waals surface area contributed by atoms with Gasteiger partial charge >= 0.3 is 71.6 Å². The molecule has 2 aromatic heterocycles. The van der Waals surface area contributed by atoms with E-state index in [2.05, 4.69) is 21.3 Å². The van der Waals surface area contributed by atoms with Crippen LogP contribution in [0.15, 0.2) is 36.9 Å². The summed E-state index contributed by atoms with van der Waals surface area (Å²) in [5.74, 6) is -20.3. The molecule has 2 rings (SSSR count). The number of unbranched alkanes of at least 4 members (excludes halogenated alkanes) is 5. The van der Waals surface area contributed by atoms with E-state index in [0.717, 1.165) is 12.1 Å². The van der Waals surface area contributed by atoms with Crippen LogP contribution in [0, 0.1) is 0 Å². The summed E-state index contributed by atoms with van der Waals surface area (Å²) in [7, 11) is 0. The van der Waals surface area contributed by atoms with Crippen LogP contribution in [-0.2, 0) is 70.6 Å². The first-order valence-corrected chi connectivity index (χ1v) is 30.9. The minimum Gasteiger partial charge on any atom is -0.481 e. The average Bonchev–Trinajstić information content (AvgIpc) is 0.828. The molecule has 0 atom stereocenters. The molecule has 96 heavy (non-hydrogen) atoms. The number of carboxylic acid groups (broad SMARTS) is 12. The highest BCUT2D eigenvalue weighted by molar-refractivity contribution is 6.00. The van der Waals surface area contributed by atoms with Crippen molar-refractivity contribution in [2.75, 3.05) is 0 Å². The number of rotatable bonds is 53. The molecule has 0 bridgehead atoms. The molecule has 34 heteroatoms. The topological polar surface area (TPSA) is 572 Å². The number of carbonyl (C=O) groups excluding carboxylic acids is 4. The predicted octanol–water partition coefficient (Wildman–Crippen LogP) is 3.55. The summed E-state index contributed by atoms with van der Waals surface area (Å²) in [6, 6.07) is 2.15. The number of aromatic nitrogens is 2. The van der Waals surface area contributed by atoms with Gasteiger partial charge in [0.05, 0.1) is 0 Å². The molecule has 2 heterocycles. The van der Waals surface area contributed by atoms with Gasteiger partial charge in [-0.3, -0.25) is 76.7 Å². The first-order valence-electron chi connectivity index (χ1n) is 30.9. The zero-order chi connectivity index (χ0) is 72.4. The smallest absolute Gasteiger partial charge is 0.303 e. The Morgan fingerprint density at radius 3 is 0.510 bits per heavy atom. The monoisotopic (exact) mass is 1360 g/mol. The highest BCUT2D eigenvalue weighted by Crippen LogP contribution is 2.31. The van der Waals surface area contributed by atoms with Gasteiger partial charge in [0.1, 0.15) is 35.3 Å². The van der Waals surface area contributed by atoms with Crippen molar-refractivity contribution >= 4 is 95.3 Å². The third kappa shape index (κ3) is 32.6. The van der Waals surface area contributed by atoms with Gasteiger partial charge in [-0.15, -0.1) is 0 Å². The Labute approximate surface area is 549 Å². The molecule has 0 saturated heterocycles. The maximum Gasteiger partial charge on any atom is 0.303 e. The first-order chi connectivity index (χ1) is 44.9. The van der Waals surface area contributed by atoms with Crippen molar-refractivity contribution in [1.82, 2.24) is 21.3 Å². The van der Waals surface area contributed by atoms with Crippen LogP contribution in [0.25, 0.3) is 0 Å². The lowest BCUT2D eigenvalue weighted by Gasteiger charge is -2.34. The van der Waals surface area contributed by atoms with E-state index >= 15 is 0 Å². The Balaban J connectivity index is 2.67. The summed E-state index contributed by atoms with van der Waals surface area (Å²) >= 11 is 0. The zero-order valence-electron chi connectivity index (χ0n) is 52.9. The number of hydrogen-bond acceptors (Lipinski definition) is 16. The van der Waals surface area contributed by atoms with E-state index < -0.39 is 272 Å². The fourth-order valence-electron chi connectivity index (χ4n) is 11.0. The molecular weight excluding hydrogens is 1280 g/mol. The molecule has 0 aromatic carbocycles. The van der Waals surface area contributed by atoms with Crippen molar-refractivity contribution in [1.29, 1.82) is 0 Å². The van der Waals surface area contributed by atoms with E-state index in [4.69, 9.17) is 0 Å². The lowest BCUT2D eigenvalue weighted by Crippen LogP contribution is -2.51. The van der Waals surface area contributed by atoms with Crippen molar-refractivity contribution in [3.05, 3.63) is 59.2 Å². The van der Waals surface area contributed by atoms with Crippen LogP contribution in [0.1, 0.15) is 234 Å². The number of carboxylic acids is 12. The molecule has 34 nitrogen and oxygen atoms in total. The molecule has 0 aliphatic carbocycles. The number of amides is 4. The van der Waals surface area contributed by atoms with Gasteiger partial charge < -0.3 is 82.5 Å². The van der Waals surface area contributed by atoms with Gasteiger partial charge in [-0.1, -0.05) is 12.8 Å². The summed E-state index contributed by atoms with van der Waals surface area (Å²) in [4.78, 5) is 199. The molecule has 0 unspecified atom stereocenters. The third-order valence-corrected chi connectivity index (χ3v) is 16.3. The van der Waals surface area contributed by atoms with Crippen LogP contribution in [0.4, 0.5) is 0 Å². The van der Waals surface area contributed by atoms with Gasteiger partial charge in [0.15, 0.2) is 24.8 Å². The highest BCUT2D eigenvalue weighted by atomic mass is 16.4. The van der Waals surface area contributed by atoms with E-state index in [0.29, 0.717) is 38.5 Å². The Morgan fingerprint density at radius 2 is 0.375 bits per heavy atom. The van der Waals surface area contributed by atoms with E-state index in [1.165, 1.54) is 33.9 Å². The zero-order valence-corrected chi connectivity index (χ0v) is 52.9. The minimum atomic E-state index is -1.74. The van der Waals surface area contributed by atoms with Crippen LogP contribution in [-0.4, -0.2) is 179 Å². The fraction of sp³-hybridized carbons (Fsp3) is 0.581. The normalized spacial score (nSPS) is 11.5. The SMILES string of the molecule is O=C(O)CCC(CCC(=O)O)(CCC(=O)O)NC(=O)c1cc(C(=O)NC(CCC(=O)O)(CCC(=O)O)CCC(=O)O)c[n+](CCCCCCCC[n+]2cc(C(=O)NC(CCC(=O)O)(CCC(=O)O)CCC(=O)O)cc(C(=O)NC(CCC(=O)O)(CCC(=O)O)CCC(=O)O)c2)c1. The molecule has 2 aromatic rings. The second kappa shape index (κ2) is 40.2. The predicted molar refractivity (Wildman–Crippen MR) is 324 cm³/mol. The van der Waals surface area contributed by atoms with Gasteiger partial charge in [-0.2, -0.15) is 0 Å². The number of nitrogens with one attached hydrogen (secondary N) is 4. The fourth-order valence-corrected chi connectivity index (χ4v) is 11.0. The van der Waals surface area contributed by atoms with Gasteiger partial charge in [-0.05, 0) is 102 Å². The molecule has 4 amide bonds. The molecule has 0 radical (unpaired) electrons. The van der Waals surface area contributed by atoms with Crippen molar-refractivity contribution in [3.63, 3.8) is 0 Å². The molecule has 16 N–H and O–H groups in total. The number of pyridine rings is 2. The van der Waals surface area contributed by atoms with Crippen LogP contribution >= 0.6 is 0 Å². The summed E-state index contributed by atoms with van der Waals surface area (Å²) in [5, 5.41) is 126. The number of hydrogen-bond donors (Lipinski definition) is 16. The van der Waals surface area contributed by atoms with Gasteiger partial charge in [0.2, 0.25) is 0 Å². The van der Waals surface area contributed by atoms with Gasteiger partial charge in [0.25, 0.3) is 23.6 Å². The summed E-state index contributed by atoms with van der Waals surface area (Å²) in [6.45, 7) is 0.130. The highest BCUT2D eigenvalue weighted by Gasteiger charge is 2.40. The molecular formula is C62H86N6O28+2. The molecule has 0 saturated carbocycles. The summed E-state index contributed by atoms with van der Waals surface area (Å²) < 4.78 is 2.84. The van der Waals surface area contributed by atoms with Gasteiger partial charge in [0, 0.05) is 112 Å². The molecule has 0 fully saturated rings. The van der Waals surface area contributed by atoms with E-state index in [-0.39, 0.29) is 35.3 Å². The Bertz CT molecular complexity index is 2590. The number of aliphatic carboxylic acids is 12. The van der Waals surface area contributed by atoms with Crippen LogP contribution < -0.4 is 30.4 Å². The number of aryl methyl sites for hydroxylation is 2. The van der Waals surface area contributed by atoms with E-state index in [1.54, 1.807) is 0 Å². The standard InChI is InChI=1S/C62H84N6O28/c69-43(70)7-19-59(20-8-44(71)72,21-9-45(73)74)63-55(93)39-33-40(56(94)64-60(22-10-46(75)76,23-11-47(77)78)24-12-48(79)80)36-67(35-39)31-5-3-1-2-4-6-32-68-37-41(57(95)65-61(25-13-49(81)82,26-14-50(83)84)27-15-51(85)86)34-42(38-68)58(96)66-62(28-16-52(87)88,29-17-53(89)90)30-18-54(91)92/h33-38H,1-32H2,(H14-2,63,64,65,66,69,70,71,72,73,74,75,76,77,78,79,80,81,82,83,84,85,86,87,88,89,90,91,92,93,94,95,96)/p+2. The van der Waals surface area contributed by atoms with Crippen LogP contribution in [0.3, 0.4) is 0 Å². The lowest BCUT2D eigenvalue weighted by atomic mass is 9.83. The summed E-state index contributed by atoms with van der Waals surface area (Å²) in [5.41, 5.74) is -8.10. The van der Waals surface area contributed by atoms with Crippen LogP contribution in [0.2, 0.25) is 0 Å². The lowest BCUT2D eigenvalue weighted by molar-refractivity contribution is -0.697. The quantitative estimate of drug-likeness (QED) is 0.0332. The largest absolute Gasteiger partial charge is 0.481 e. The number of carbonyl (C=O) groups is 16. The first kappa shape index (κ1) is 81.9. The van der Waals surface area contributed by atoms with Gasteiger partial charge in [-0.25, -0.2) is 9.13 Å². The number of nitrogens with zero attached hydrogens (tertiary/aromatic N) is 2. The van der Waals surface area contributed by atoms with Crippen molar-refractivity contribution in [3.8, 4) is 0 Å².